The van der Waals surface area contributed by atoms with Gasteiger partial charge >= 0.3 is 5.97 Å². The average Bonchev–Trinajstić information content (AvgIpc) is 2.71. The minimum absolute atomic E-state index is 0.817. The van der Waals surface area contributed by atoms with Crippen molar-refractivity contribution in [2.75, 3.05) is 18.0 Å². The highest BCUT2D eigenvalue weighted by Gasteiger charge is 2.16. The second-order valence-corrected chi connectivity index (χ2v) is 5.31. The fraction of sp³-hybridized carbons (Fsp3) is 0.500. The van der Waals surface area contributed by atoms with Crippen LogP contribution >= 0.6 is 0 Å². The third-order valence-corrected chi connectivity index (χ3v) is 3.94. The van der Waals surface area contributed by atoms with Gasteiger partial charge in [-0.3, -0.25) is 0 Å². The molecule has 1 aromatic rings. The SMILES string of the molecule is CCC1CCCN(c2ccc(/C=C/C(=O)O)cn2)CC1. The lowest BCUT2D eigenvalue weighted by atomic mass is 9.98. The zero-order valence-electron chi connectivity index (χ0n) is 12.0. The summed E-state index contributed by atoms with van der Waals surface area (Å²) in [5.41, 5.74) is 0.817. The van der Waals surface area contributed by atoms with Crippen LogP contribution in [0.2, 0.25) is 0 Å². The Morgan fingerprint density at radius 1 is 1.45 bits per heavy atom. The minimum atomic E-state index is -0.938. The summed E-state index contributed by atoms with van der Waals surface area (Å²) in [4.78, 5) is 17.3. The molecule has 1 aliphatic rings. The summed E-state index contributed by atoms with van der Waals surface area (Å²) < 4.78 is 0. The molecule has 0 bridgehead atoms. The van der Waals surface area contributed by atoms with Crippen molar-refractivity contribution in [1.82, 2.24) is 4.98 Å². The van der Waals surface area contributed by atoms with Crippen molar-refractivity contribution in [3.8, 4) is 0 Å². The number of pyridine rings is 1. The van der Waals surface area contributed by atoms with Gasteiger partial charge in [0.2, 0.25) is 0 Å². The van der Waals surface area contributed by atoms with Gasteiger partial charge in [0.25, 0.3) is 0 Å². The molecular weight excluding hydrogens is 252 g/mol. The van der Waals surface area contributed by atoms with Crippen molar-refractivity contribution in [2.45, 2.75) is 32.6 Å². The van der Waals surface area contributed by atoms with E-state index < -0.39 is 5.97 Å². The smallest absolute Gasteiger partial charge is 0.328 e. The van der Waals surface area contributed by atoms with Gasteiger partial charge in [-0.05, 0) is 49.0 Å². The molecule has 20 heavy (non-hydrogen) atoms. The maximum atomic E-state index is 10.5. The minimum Gasteiger partial charge on any atom is -0.478 e. The van der Waals surface area contributed by atoms with E-state index in [1.807, 2.05) is 12.1 Å². The van der Waals surface area contributed by atoms with Crippen LogP contribution in [0.25, 0.3) is 6.08 Å². The Bertz CT molecular complexity index is 468. The predicted octanol–water partition coefficient (Wildman–Crippen LogP) is 3.20. The maximum Gasteiger partial charge on any atom is 0.328 e. The molecule has 108 valence electrons. The number of hydrogen-bond donors (Lipinski definition) is 1. The molecule has 2 rings (SSSR count). The van der Waals surface area contributed by atoms with Gasteiger partial charge in [-0.2, -0.15) is 0 Å². The number of aromatic nitrogens is 1. The summed E-state index contributed by atoms with van der Waals surface area (Å²) >= 11 is 0. The molecule has 1 fully saturated rings. The highest BCUT2D eigenvalue weighted by atomic mass is 16.4. The van der Waals surface area contributed by atoms with Gasteiger partial charge in [-0.1, -0.05) is 13.3 Å². The molecule has 1 atom stereocenters. The Kier molecular flexibility index (Phi) is 5.16. The number of hydrogen-bond acceptors (Lipinski definition) is 3. The quantitative estimate of drug-likeness (QED) is 0.857. The summed E-state index contributed by atoms with van der Waals surface area (Å²) in [5.74, 6) is 0.902. The first kappa shape index (κ1) is 14.6. The Morgan fingerprint density at radius 3 is 2.95 bits per heavy atom. The lowest BCUT2D eigenvalue weighted by Gasteiger charge is -2.21. The fourth-order valence-electron chi connectivity index (χ4n) is 2.65. The number of carboxylic acid groups (broad SMARTS) is 1. The third kappa shape index (κ3) is 4.08. The molecule has 1 saturated heterocycles. The molecule has 0 amide bonds. The van der Waals surface area contributed by atoms with E-state index in [0.29, 0.717) is 0 Å². The van der Waals surface area contributed by atoms with Gasteiger partial charge < -0.3 is 10.0 Å². The van der Waals surface area contributed by atoms with Crippen LogP contribution < -0.4 is 4.90 Å². The molecule has 1 unspecified atom stereocenters. The molecule has 0 spiro atoms. The van der Waals surface area contributed by atoms with Crippen molar-refractivity contribution in [3.05, 3.63) is 30.0 Å². The highest BCUT2D eigenvalue weighted by molar-refractivity contribution is 5.85. The molecule has 1 aromatic heterocycles. The van der Waals surface area contributed by atoms with Crippen LogP contribution in [0.4, 0.5) is 5.82 Å². The van der Waals surface area contributed by atoms with Crippen molar-refractivity contribution in [2.24, 2.45) is 5.92 Å². The van der Waals surface area contributed by atoms with Gasteiger partial charge in [0, 0.05) is 25.4 Å². The molecule has 1 N–H and O–H groups in total. The summed E-state index contributed by atoms with van der Waals surface area (Å²) in [7, 11) is 0. The maximum absolute atomic E-state index is 10.5. The van der Waals surface area contributed by atoms with Crippen LogP contribution in [0.3, 0.4) is 0 Å². The summed E-state index contributed by atoms with van der Waals surface area (Å²) in [6.07, 6.45) is 9.46. The van der Waals surface area contributed by atoms with E-state index in [2.05, 4.69) is 16.8 Å². The van der Waals surface area contributed by atoms with E-state index in [0.717, 1.165) is 36.5 Å². The van der Waals surface area contributed by atoms with Crippen molar-refractivity contribution in [1.29, 1.82) is 0 Å². The monoisotopic (exact) mass is 274 g/mol. The van der Waals surface area contributed by atoms with Crippen LogP contribution in [0, 0.1) is 5.92 Å². The van der Waals surface area contributed by atoms with Crippen molar-refractivity contribution < 1.29 is 9.90 Å². The van der Waals surface area contributed by atoms with Gasteiger partial charge in [0.15, 0.2) is 0 Å². The molecule has 4 heteroatoms. The van der Waals surface area contributed by atoms with E-state index in [-0.39, 0.29) is 0 Å². The number of anilines is 1. The number of rotatable bonds is 4. The largest absolute Gasteiger partial charge is 0.478 e. The molecule has 4 nitrogen and oxygen atoms in total. The van der Waals surface area contributed by atoms with Crippen LogP contribution in [0.5, 0.6) is 0 Å². The molecule has 1 aliphatic heterocycles. The normalized spacial score (nSPS) is 20.1. The van der Waals surface area contributed by atoms with Crippen LogP contribution in [-0.4, -0.2) is 29.1 Å². The highest BCUT2D eigenvalue weighted by Crippen LogP contribution is 2.23. The van der Waals surface area contributed by atoms with E-state index in [1.165, 1.54) is 25.7 Å². The van der Waals surface area contributed by atoms with Gasteiger partial charge in [-0.15, -0.1) is 0 Å². The zero-order valence-corrected chi connectivity index (χ0v) is 12.0. The Balaban J connectivity index is 2.00. The number of nitrogens with zero attached hydrogens (tertiary/aromatic N) is 2. The van der Waals surface area contributed by atoms with Crippen LogP contribution in [-0.2, 0) is 4.79 Å². The van der Waals surface area contributed by atoms with Crippen molar-refractivity contribution >= 4 is 17.9 Å². The molecular formula is C16H22N2O2. The van der Waals surface area contributed by atoms with E-state index in [9.17, 15) is 4.79 Å². The van der Waals surface area contributed by atoms with Crippen LogP contribution in [0.15, 0.2) is 24.4 Å². The van der Waals surface area contributed by atoms with E-state index in [1.54, 1.807) is 12.3 Å². The van der Waals surface area contributed by atoms with E-state index in [4.69, 9.17) is 5.11 Å². The zero-order chi connectivity index (χ0) is 14.4. The average molecular weight is 274 g/mol. The summed E-state index contributed by atoms with van der Waals surface area (Å²) in [6.45, 7) is 4.39. The number of carboxylic acids is 1. The fourth-order valence-corrected chi connectivity index (χ4v) is 2.65. The lowest BCUT2D eigenvalue weighted by molar-refractivity contribution is -0.131. The number of aliphatic carboxylic acids is 1. The third-order valence-electron chi connectivity index (χ3n) is 3.94. The number of carbonyl (C=O) groups is 1. The molecule has 0 radical (unpaired) electrons. The second kappa shape index (κ2) is 7.08. The summed E-state index contributed by atoms with van der Waals surface area (Å²) in [6, 6.07) is 3.90. The first-order valence-electron chi connectivity index (χ1n) is 7.31. The van der Waals surface area contributed by atoms with Gasteiger partial charge in [-0.25, -0.2) is 9.78 Å². The topological polar surface area (TPSA) is 53.4 Å². The molecule has 0 aromatic carbocycles. The second-order valence-electron chi connectivity index (χ2n) is 5.31. The Labute approximate surface area is 120 Å². The van der Waals surface area contributed by atoms with Crippen molar-refractivity contribution in [3.63, 3.8) is 0 Å². The van der Waals surface area contributed by atoms with Gasteiger partial charge in [0.05, 0.1) is 0 Å². The first-order chi connectivity index (χ1) is 9.69. The molecule has 0 saturated carbocycles. The van der Waals surface area contributed by atoms with Crippen LogP contribution in [0.1, 0.15) is 38.2 Å². The summed E-state index contributed by atoms with van der Waals surface area (Å²) in [5, 5.41) is 8.60. The standard InChI is InChI=1S/C16H22N2O2/c1-2-13-4-3-10-18(11-9-13)15-7-5-14(12-17-15)6-8-16(19)20/h5-8,12-13H,2-4,9-11H2,1H3,(H,19,20)/b8-6+. The molecule has 0 aliphatic carbocycles. The lowest BCUT2D eigenvalue weighted by Crippen LogP contribution is -2.25. The molecule has 2 heterocycles. The predicted molar refractivity (Wildman–Crippen MR) is 80.8 cm³/mol. The van der Waals surface area contributed by atoms with Gasteiger partial charge in [0.1, 0.15) is 5.82 Å². The first-order valence-corrected chi connectivity index (χ1v) is 7.31. The Hall–Kier alpha value is -1.84. The van der Waals surface area contributed by atoms with E-state index >= 15 is 0 Å². The Morgan fingerprint density at radius 2 is 2.30 bits per heavy atom.